The van der Waals surface area contributed by atoms with Crippen LogP contribution < -0.4 is 10.5 Å². The van der Waals surface area contributed by atoms with Gasteiger partial charge in [-0.3, -0.25) is 9.59 Å². The van der Waals surface area contributed by atoms with Gasteiger partial charge in [-0.2, -0.15) is 9.98 Å². The maximum absolute atomic E-state index is 13.0. The molecule has 35 heavy (non-hydrogen) atoms. The Morgan fingerprint density at radius 2 is 1.57 bits per heavy atom. The van der Waals surface area contributed by atoms with E-state index in [2.05, 4.69) is 4.72 Å². The summed E-state index contributed by atoms with van der Waals surface area (Å²) in [4.78, 5) is 24.5. The van der Waals surface area contributed by atoms with E-state index in [-0.39, 0.29) is 15.9 Å². The lowest BCUT2D eigenvalue weighted by atomic mass is 9.75. The normalized spacial score (nSPS) is 14.6. The van der Waals surface area contributed by atoms with Crippen LogP contribution in [0.25, 0.3) is 10.8 Å². The van der Waals surface area contributed by atoms with Crippen molar-refractivity contribution >= 4 is 32.7 Å². The van der Waals surface area contributed by atoms with Crippen LogP contribution in [-0.2, 0) is 30.4 Å². The molecule has 8 nitrogen and oxygen atoms in total. The molecule has 0 saturated carbocycles. The van der Waals surface area contributed by atoms with Crippen molar-refractivity contribution < 1.29 is 23.1 Å². The van der Waals surface area contributed by atoms with E-state index >= 15 is 0 Å². The molecule has 182 valence electrons. The number of nitrogens with one attached hydrogen (secondary N) is 1. The van der Waals surface area contributed by atoms with E-state index in [1.165, 1.54) is 18.2 Å². The molecule has 9 heteroatoms. The van der Waals surface area contributed by atoms with E-state index in [1.807, 2.05) is 39.0 Å². The Hall–Kier alpha value is -3.74. The summed E-state index contributed by atoms with van der Waals surface area (Å²) in [7, 11) is -4.28. The van der Waals surface area contributed by atoms with Crippen LogP contribution in [-0.4, -0.2) is 31.4 Å². The molecule has 0 aliphatic heterocycles. The fourth-order valence-electron chi connectivity index (χ4n) is 3.86. The molecule has 0 aromatic heterocycles. The molecular weight excluding hydrogens is 466 g/mol. The second-order valence-electron chi connectivity index (χ2n) is 9.43. The van der Waals surface area contributed by atoms with E-state index in [0.29, 0.717) is 0 Å². The number of hydrogen-bond acceptors (Lipinski definition) is 5. The highest BCUT2D eigenvalue weighted by Gasteiger charge is 2.44. The van der Waals surface area contributed by atoms with Gasteiger partial charge in [0.05, 0.1) is 11.0 Å². The number of amides is 1. The van der Waals surface area contributed by atoms with Crippen LogP contribution in [0.3, 0.4) is 0 Å². The third-order valence-electron chi connectivity index (χ3n) is 5.99. The molecule has 0 fully saturated rings. The summed E-state index contributed by atoms with van der Waals surface area (Å²) in [6.07, 6.45) is -0.689. The number of sulfonamides is 1. The van der Waals surface area contributed by atoms with Crippen LogP contribution in [0.5, 0.6) is 0 Å². The number of rotatable bonds is 8. The van der Waals surface area contributed by atoms with Gasteiger partial charge >= 0.3 is 5.97 Å². The van der Waals surface area contributed by atoms with Crippen LogP contribution in [0.2, 0.25) is 0 Å². The first-order valence-electron chi connectivity index (χ1n) is 10.9. The van der Waals surface area contributed by atoms with Gasteiger partial charge in [-0.05, 0) is 45.5 Å². The van der Waals surface area contributed by atoms with Crippen LogP contribution in [0, 0.1) is 11.3 Å². The molecule has 3 aromatic rings. The molecule has 0 aliphatic rings. The minimum absolute atomic E-state index is 0.135. The van der Waals surface area contributed by atoms with Gasteiger partial charge in [0.2, 0.25) is 15.9 Å². The van der Waals surface area contributed by atoms with Gasteiger partial charge in [0.15, 0.2) is 5.41 Å². The van der Waals surface area contributed by atoms with Crippen molar-refractivity contribution in [2.45, 2.75) is 49.0 Å². The van der Waals surface area contributed by atoms with Gasteiger partial charge in [-0.15, -0.1) is 0 Å². The highest BCUT2D eigenvalue weighted by atomic mass is 32.2. The number of carboxylic acid groups (broad SMARTS) is 1. The van der Waals surface area contributed by atoms with Gasteiger partial charge in [0, 0.05) is 6.42 Å². The molecule has 0 saturated heterocycles. The molecule has 0 aliphatic carbocycles. The standard InChI is InChI=1S/C26H27N3O5S/c1-25(2,3)19-10-12-21(13-11-19)35(33,34)29-22(23(30)31)15-26(16-27,24(28)32)20-9-8-17-6-4-5-7-18(17)14-20/h4-14,22,29H,15H2,1-3H3,(H2,28,32)(H,30,31). The number of nitrogens with two attached hydrogens (primary N) is 1. The quantitative estimate of drug-likeness (QED) is 0.438. The zero-order valence-electron chi connectivity index (χ0n) is 19.6. The monoisotopic (exact) mass is 493 g/mol. The zero-order chi connectivity index (χ0) is 26.0. The van der Waals surface area contributed by atoms with Crippen LogP contribution in [0.15, 0.2) is 71.6 Å². The number of aliphatic carboxylic acids is 1. The molecule has 4 N–H and O–H groups in total. The first kappa shape index (κ1) is 25.9. The van der Waals surface area contributed by atoms with Crippen molar-refractivity contribution in [1.82, 2.24) is 4.72 Å². The van der Waals surface area contributed by atoms with Crippen molar-refractivity contribution in [3.8, 4) is 6.07 Å². The second kappa shape index (κ2) is 9.49. The molecule has 0 spiro atoms. The van der Waals surface area contributed by atoms with E-state index < -0.39 is 39.8 Å². The summed E-state index contributed by atoms with van der Waals surface area (Å²) in [5, 5.41) is 21.4. The number of benzene rings is 3. The Balaban J connectivity index is 1.99. The van der Waals surface area contributed by atoms with Crippen molar-refractivity contribution in [1.29, 1.82) is 5.26 Å². The summed E-state index contributed by atoms with van der Waals surface area (Å²) >= 11 is 0. The Bertz CT molecular complexity index is 1420. The Morgan fingerprint density at radius 3 is 2.09 bits per heavy atom. The van der Waals surface area contributed by atoms with Crippen molar-refractivity contribution in [2.24, 2.45) is 5.73 Å². The number of primary amides is 1. The maximum Gasteiger partial charge on any atom is 0.321 e. The van der Waals surface area contributed by atoms with Crippen LogP contribution in [0.4, 0.5) is 0 Å². The lowest BCUT2D eigenvalue weighted by Gasteiger charge is -2.27. The van der Waals surface area contributed by atoms with Gasteiger partial charge in [0.1, 0.15) is 6.04 Å². The maximum atomic E-state index is 13.0. The molecule has 0 heterocycles. The third kappa shape index (κ3) is 5.34. The smallest absolute Gasteiger partial charge is 0.321 e. The number of carboxylic acids is 1. The summed E-state index contributed by atoms with van der Waals surface area (Å²) < 4.78 is 28.1. The van der Waals surface area contributed by atoms with Gasteiger partial charge in [0.25, 0.3) is 0 Å². The lowest BCUT2D eigenvalue weighted by molar-refractivity contribution is -0.139. The number of hydrogen-bond donors (Lipinski definition) is 3. The van der Waals surface area contributed by atoms with Crippen molar-refractivity contribution in [3.05, 3.63) is 77.9 Å². The number of nitriles is 1. The zero-order valence-corrected chi connectivity index (χ0v) is 20.5. The van der Waals surface area contributed by atoms with Crippen LogP contribution in [0.1, 0.15) is 38.3 Å². The predicted molar refractivity (Wildman–Crippen MR) is 132 cm³/mol. The molecular formula is C26H27N3O5S. The number of carbonyl (C=O) groups is 2. The van der Waals surface area contributed by atoms with Crippen LogP contribution >= 0.6 is 0 Å². The Kier molecular flexibility index (Phi) is 7.01. The highest BCUT2D eigenvalue weighted by molar-refractivity contribution is 7.89. The van der Waals surface area contributed by atoms with Crippen molar-refractivity contribution in [3.63, 3.8) is 0 Å². The Morgan fingerprint density at radius 1 is 1.00 bits per heavy atom. The largest absolute Gasteiger partial charge is 0.480 e. The average molecular weight is 494 g/mol. The topological polar surface area (TPSA) is 150 Å². The summed E-state index contributed by atoms with van der Waals surface area (Å²) in [6.45, 7) is 5.94. The number of carbonyl (C=O) groups excluding carboxylic acids is 1. The lowest BCUT2D eigenvalue weighted by Crippen LogP contribution is -2.50. The molecule has 0 radical (unpaired) electrons. The molecule has 2 atom stereocenters. The summed E-state index contributed by atoms with van der Waals surface area (Å²) in [6, 6.07) is 18.2. The molecule has 3 aromatic carbocycles. The highest BCUT2D eigenvalue weighted by Crippen LogP contribution is 2.32. The first-order valence-corrected chi connectivity index (χ1v) is 12.3. The molecule has 1 amide bonds. The molecule has 3 rings (SSSR count). The molecule has 0 bridgehead atoms. The van der Waals surface area contributed by atoms with E-state index in [4.69, 9.17) is 5.73 Å². The van der Waals surface area contributed by atoms with E-state index in [1.54, 1.807) is 36.4 Å². The van der Waals surface area contributed by atoms with E-state index in [9.17, 15) is 28.4 Å². The van der Waals surface area contributed by atoms with Gasteiger partial charge in [-0.1, -0.05) is 69.3 Å². The molecule has 2 unspecified atom stereocenters. The first-order chi connectivity index (χ1) is 16.3. The second-order valence-corrected chi connectivity index (χ2v) is 11.1. The average Bonchev–Trinajstić information content (AvgIpc) is 2.80. The van der Waals surface area contributed by atoms with Crippen molar-refractivity contribution in [2.75, 3.05) is 0 Å². The van der Waals surface area contributed by atoms with E-state index in [0.717, 1.165) is 16.3 Å². The third-order valence-corrected chi connectivity index (χ3v) is 7.48. The number of nitrogens with zero attached hydrogens (tertiary/aromatic N) is 1. The SMILES string of the molecule is CC(C)(C)c1ccc(S(=O)(=O)NC(CC(C#N)(C(N)=O)c2ccc3ccccc3c2)C(=O)O)cc1. The summed E-state index contributed by atoms with van der Waals surface area (Å²) in [5.41, 5.74) is 4.42. The number of fused-ring (bicyclic) bond motifs is 1. The minimum atomic E-state index is -4.28. The fraction of sp³-hybridized carbons (Fsp3) is 0.269. The van der Waals surface area contributed by atoms with Gasteiger partial charge < -0.3 is 10.8 Å². The summed E-state index contributed by atoms with van der Waals surface area (Å²) in [5.74, 6) is -2.61. The predicted octanol–water partition coefficient (Wildman–Crippen LogP) is 3.21. The Labute approximate surface area is 204 Å². The van der Waals surface area contributed by atoms with Gasteiger partial charge in [-0.25, -0.2) is 8.42 Å². The fourth-order valence-corrected chi connectivity index (χ4v) is 5.04. The minimum Gasteiger partial charge on any atom is -0.480 e.